The molecule has 1 N–H and O–H groups in total. The van der Waals surface area contributed by atoms with Crippen molar-refractivity contribution in [2.75, 3.05) is 31.5 Å². The minimum absolute atomic E-state index is 0.0187. The normalized spacial score (nSPS) is 15.5. The first-order chi connectivity index (χ1) is 10.8. The summed E-state index contributed by atoms with van der Waals surface area (Å²) in [5.74, 6) is 0. The molecule has 2 aromatic rings. The number of rotatable bonds is 3. The summed E-state index contributed by atoms with van der Waals surface area (Å²) in [5, 5.41) is 2.94. The molecule has 0 radical (unpaired) electrons. The summed E-state index contributed by atoms with van der Waals surface area (Å²) in [6.07, 6.45) is 3.64. The lowest BCUT2D eigenvalue weighted by Gasteiger charge is -2.34. The number of nitrogens with zero attached hydrogens (tertiary/aromatic N) is 3. The van der Waals surface area contributed by atoms with Crippen LogP contribution in [0.25, 0.3) is 0 Å². The Kier molecular flexibility index (Phi) is 4.65. The van der Waals surface area contributed by atoms with Crippen LogP contribution in [0.5, 0.6) is 0 Å². The number of piperazine rings is 1. The first-order valence-corrected chi connectivity index (χ1v) is 7.53. The predicted molar refractivity (Wildman–Crippen MR) is 86.5 cm³/mol. The van der Waals surface area contributed by atoms with E-state index in [1.54, 1.807) is 0 Å². The van der Waals surface area contributed by atoms with Crippen LogP contribution in [0.1, 0.15) is 5.56 Å². The molecule has 22 heavy (non-hydrogen) atoms. The summed E-state index contributed by atoms with van der Waals surface area (Å²) in [6, 6.07) is 13.6. The average Bonchev–Trinajstić information content (AvgIpc) is 2.57. The smallest absolute Gasteiger partial charge is 0.321 e. The van der Waals surface area contributed by atoms with Gasteiger partial charge < -0.3 is 10.2 Å². The average molecular weight is 296 g/mol. The summed E-state index contributed by atoms with van der Waals surface area (Å²) in [5.41, 5.74) is 2.10. The lowest BCUT2D eigenvalue weighted by molar-refractivity contribution is 0.143. The van der Waals surface area contributed by atoms with E-state index in [2.05, 4.69) is 15.2 Å². The second-order valence-electron chi connectivity index (χ2n) is 5.41. The molecule has 1 aromatic heterocycles. The van der Waals surface area contributed by atoms with E-state index in [9.17, 15) is 4.79 Å². The van der Waals surface area contributed by atoms with Gasteiger partial charge in [-0.25, -0.2) is 4.79 Å². The molecule has 5 heteroatoms. The van der Waals surface area contributed by atoms with E-state index in [0.717, 1.165) is 38.4 Å². The lowest BCUT2D eigenvalue weighted by Crippen LogP contribution is -2.49. The molecule has 1 aromatic carbocycles. The molecule has 1 aliphatic heterocycles. The fourth-order valence-electron chi connectivity index (χ4n) is 2.58. The summed E-state index contributed by atoms with van der Waals surface area (Å²) >= 11 is 0. The van der Waals surface area contributed by atoms with Crippen LogP contribution in [0, 0.1) is 0 Å². The molecule has 0 unspecified atom stereocenters. The maximum atomic E-state index is 12.2. The number of aromatic nitrogens is 1. The molecule has 0 spiro atoms. The number of hydrogen-bond donors (Lipinski definition) is 1. The molecular weight excluding hydrogens is 276 g/mol. The third-order valence-corrected chi connectivity index (χ3v) is 3.84. The van der Waals surface area contributed by atoms with Crippen molar-refractivity contribution >= 4 is 11.7 Å². The second-order valence-corrected chi connectivity index (χ2v) is 5.41. The second kappa shape index (κ2) is 7.04. The fraction of sp³-hybridized carbons (Fsp3) is 0.294. The third kappa shape index (κ3) is 3.83. The zero-order valence-electron chi connectivity index (χ0n) is 12.5. The van der Waals surface area contributed by atoms with Crippen LogP contribution in [0.4, 0.5) is 10.5 Å². The highest BCUT2D eigenvalue weighted by molar-refractivity contribution is 5.89. The van der Waals surface area contributed by atoms with Gasteiger partial charge in [0.1, 0.15) is 0 Å². The number of pyridine rings is 1. The summed E-state index contributed by atoms with van der Waals surface area (Å²) in [6.45, 7) is 4.21. The van der Waals surface area contributed by atoms with Crippen molar-refractivity contribution in [2.45, 2.75) is 6.54 Å². The predicted octanol–water partition coefficient (Wildman–Crippen LogP) is 2.43. The number of carbonyl (C=O) groups is 1. The molecule has 0 atom stereocenters. The van der Waals surface area contributed by atoms with Crippen LogP contribution < -0.4 is 5.32 Å². The Morgan fingerprint density at radius 1 is 1.00 bits per heavy atom. The van der Waals surface area contributed by atoms with Gasteiger partial charge in [0, 0.05) is 50.8 Å². The molecule has 1 saturated heterocycles. The van der Waals surface area contributed by atoms with Crippen molar-refractivity contribution in [1.29, 1.82) is 0 Å². The minimum atomic E-state index is -0.0187. The Bertz CT molecular complexity index is 595. The molecule has 0 bridgehead atoms. The SMILES string of the molecule is O=C(Nc1ccccc1)N1CCN(Cc2ccncc2)CC1. The van der Waals surface area contributed by atoms with Gasteiger partial charge >= 0.3 is 6.03 Å². The first kappa shape index (κ1) is 14.5. The number of urea groups is 1. The van der Waals surface area contributed by atoms with Crippen molar-refractivity contribution in [3.8, 4) is 0 Å². The standard InChI is InChI=1S/C17H20N4O/c22-17(19-16-4-2-1-3-5-16)21-12-10-20(11-13-21)14-15-6-8-18-9-7-15/h1-9H,10-14H2,(H,19,22). The maximum absolute atomic E-state index is 12.2. The topological polar surface area (TPSA) is 48.5 Å². The summed E-state index contributed by atoms with van der Waals surface area (Å²) in [7, 11) is 0. The highest BCUT2D eigenvalue weighted by Gasteiger charge is 2.21. The number of para-hydroxylation sites is 1. The van der Waals surface area contributed by atoms with E-state index in [4.69, 9.17) is 0 Å². The highest BCUT2D eigenvalue weighted by atomic mass is 16.2. The van der Waals surface area contributed by atoms with Crippen molar-refractivity contribution < 1.29 is 4.79 Å². The van der Waals surface area contributed by atoms with Gasteiger partial charge in [0.25, 0.3) is 0 Å². The van der Waals surface area contributed by atoms with Crippen molar-refractivity contribution in [3.63, 3.8) is 0 Å². The molecule has 5 nitrogen and oxygen atoms in total. The van der Waals surface area contributed by atoms with Gasteiger partial charge in [-0.05, 0) is 29.8 Å². The number of hydrogen-bond acceptors (Lipinski definition) is 3. The Labute approximate surface area is 130 Å². The van der Waals surface area contributed by atoms with E-state index >= 15 is 0 Å². The molecule has 114 valence electrons. The lowest BCUT2D eigenvalue weighted by atomic mass is 10.2. The molecule has 2 heterocycles. The van der Waals surface area contributed by atoms with Gasteiger partial charge in [-0.15, -0.1) is 0 Å². The van der Waals surface area contributed by atoms with E-state index in [-0.39, 0.29) is 6.03 Å². The largest absolute Gasteiger partial charge is 0.322 e. The first-order valence-electron chi connectivity index (χ1n) is 7.53. The van der Waals surface area contributed by atoms with E-state index < -0.39 is 0 Å². The van der Waals surface area contributed by atoms with Crippen molar-refractivity contribution in [1.82, 2.24) is 14.8 Å². The molecule has 0 saturated carbocycles. The molecular formula is C17H20N4O. The Morgan fingerprint density at radius 2 is 1.68 bits per heavy atom. The van der Waals surface area contributed by atoms with Gasteiger partial charge in [-0.3, -0.25) is 9.88 Å². The molecule has 0 aliphatic carbocycles. The molecule has 1 aliphatic rings. The van der Waals surface area contributed by atoms with Gasteiger partial charge in [0.15, 0.2) is 0 Å². The zero-order chi connectivity index (χ0) is 15.2. The number of anilines is 1. The van der Waals surface area contributed by atoms with E-state index in [1.807, 2.05) is 59.8 Å². The van der Waals surface area contributed by atoms with Gasteiger partial charge in [0.2, 0.25) is 0 Å². The molecule has 3 rings (SSSR count). The van der Waals surface area contributed by atoms with Crippen molar-refractivity contribution in [3.05, 3.63) is 60.4 Å². The molecule has 2 amide bonds. The quantitative estimate of drug-likeness (QED) is 0.946. The van der Waals surface area contributed by atoms with E-state index in [0.29, 0.717) is 0 Å². The van der Waals surface area contributed by atoms with Crippen LogP contribution in [0.15, 0.2) is 54.9 Å². The van der Waals surface area contributed by atoms with Crippen LogP contribution >= 0.6 is 0 Å². The van der Waals surface area contributed by atoms with Gasteiger partial charge in [0.05, 0.1) is 0 Å². The number of carbonyl (C=O) groups excluding carboxylic acids is 1. The number of amides is 2. The third-order valence-electron chi connectivity index (χ3n) is 3.84. The van der Waals surface area contributed by atoms with Crippen LogP contribution in [0.3, 0.4) is 0 Å². The van der Waals surface area contributed by atoms with E-state index in [1.165, 1.54) is 5.56 Å². The maximum Gasteiger partial charge on any atom is 0.321 e. The Balaban J connectivity index is 1.48. The van der Waals surface area contributed by atoms with Crippen LogP contribution in [0.2, 0.25) is 0 Å². The number of benzene rings is 1. The van der Waals surface area contributed by atoms with Gasteiger partial charge in [-0.2, -0.15) is 0 Å². The monoisotopic (exact) mass is 296 g/mol. The van der Waals surface area contributed by atoms with Crippen LogP contribution in [-0.2, 0) is 6.54 Å². The van der Waals surface area contributed by atoms with Crippen LogP contribution in [-0.4, -0.2) is 47.0 Å². The Morgan fingerprint density at radius 3 is 2.36 bits per heavy atom. The zero-order valence-corrected chi connectivity index (χ0v) is 12.5. The number of nitrogens with one attached hydrogen (secondary N) is 1. The minimum Gasteiger partial charge on any atom is -0.322 e. The summed E-state index contributed by atoms with van der Waals surface area (Å²) in [4.78, 5) is 20.5. The molecule has 1 fully saturated rings. The fourth-order valence-corrected chi connectivity index (χ4v) is 2.58. The highest BCUT2D eigenvalue weighted by Crippen LogP contribution is 2.10. The summed E-state index contributed by atoms with van der Waals surface area (Å²) < 4.78 is 0. The Hall–Kier alpha value is -2.40. The van der Waals surface area contributed by atoms with Gasteiger partial charge in [-0.1, -0.05) is 18.2 Å². The van der Waals surface area contributed by atoms with Crippen molar-refractivity contribution in [2.24, 2.45) is 0 Å².